The minimum atomic E-state index is -0.472. The van der Waals surface area contributed by atoms with Gasteiger partial charge in [0.15, 0.2) is 0 Å². The molecule has 0 radical (unpaired) electrons. The summed E-state index contributed by atoms with van der Waals surface area (Å²) in [5.41, 5.74) is 3.11. The third-order valence-electron chi connectivity index (χ3n) is 4.10. The van der Waals surface area contributed by atoms with E-state index in [1.165, 1.54) is 11.1 Å². The van der Waals surface area contributed by atoms with Crippen molar-refractivity contribution in [1.29, 1.82) is 0 Å². The first-order chi connectivity index (χ1) is 8.79. The highest BCUT2D eigenvalue weighted by Gasteiger charge is 2.52. The third kappa shape index (κ3) is 1.10. The van der Waals surface area contributed by atoms with E-state index in [4.69, 9.17) is 4.74 Å². The maximum absolute atomic E-state index is 12.3. The van der Waals surface area contributed by atoms with Gasteiger partial charge < -0.3 is 4.74 Å². The number of hydrogen-bond donors (Lipinski definition) is 0. The van der Waals surface area contributed by atoms with Crippen molar-refractivity contribution < 1.29 is 9.53 Å². The molecule has 2 aliphatic rings. The molecule has 18 heavy (non-hydrogen) atoms. The first kappa shape index (κ1) is 9.89. The lowest BCUT2D eigenvalue weighted by Crippen LogP contribution is -2.34. The molecule has 0 bridgehead atoms. The van der Waals surface area contributed by atoms with Crippen LogP contribution < -0.4 is 4.74 Å². The van der Waals surface area contributed by atoms with Crippen LogP contribution in [0.2, 0.25) is 0 Å². The van der Waals surface area contributed by atoms with Gasteiger partial charge in [-0.2, -0.15) is 0 Å². The van der Waals surface area contributed by atoms with Crippen LogP contribution in [0.4, 0.5) is 0 Å². The molecule has 2 aromatic rings. The first-order valence-corrected chi connectivity index (χ1v) is 6.18. The van der Waals surface area contributed by atoms with Gasteiger partial charge >= 0.3 is 5.97 Å². The molecule has 2 nitrogen and oxygen atoms in total. The number of para-hydroxylation sites is 1. The van der Waals surface area contributed by atoms with Crippen molar-refractivity contribution >= 4 is 5.97 Å². The number of hydrogen-bond acceptors (Lipinski definition) is 2. The Labute approximate surface area is 105 Å². The van der Waals surface area contributed by atoms with Gasteiger partial charge in [-0.25, -0.2) is 0 Å². The lowest BCUT2D eigenvalue weighted by atomic mass is 9.79. The SMILES string of the molecule is O=C1Oc2ccccc2C12Cc1ccccc1C2. The summed E-state index contributed by atoms with van der Waals surface area (Å²) in [5.74, 6) is 0.634. The second kappa shape index (κ2) is 3.22. The van der Waals surface area contributed by atoms with E-state index in [1.54, 1.807) is 0 Å². The monoisotopic (exact) mass is 236 g/mol. The summed E-state index contributed by atoms with van der Waals surface area (Å²) in [6.07, 6.45) is 1.53. The van der Waals surface area contributed by atoms with Gasteiger partial charge in [0.25, 0.3) is 0 Å². The van der Waals surface area contributed by atoms with Crippen LogP contribution in [-0.2, 0) is 23.1 Å². The molecule has 0 saturated carbocycles. The van der Waals surface area contributed by atoms with Crippen molar-refractivity contribution in [3.63, 3.8) is 0 Å². The van der Waals surface area contributed by atoms with Crippen LogP contribution in [0, 0.1) is 0 Å². The number of ether oxygens (including phenoxy) is 1. The van der Waals surface area contributed by atoms with Crippen LogP contribution in [0.15, 0.2) is 48.5 Å². The fraction of sp³-hybridized carbons (Fsp3) is 0.188. The highest BCUT2D eigenvalue weighted by Crippen LogP contribution is 2.48. The zero-order valence-electron chi connectivity index (χ0n) is 9.85. The maximum atomic E-state index is 12.3. The number of rotatable bonds is 0. The fourth-order valence-electron chi connectivity index (χ4n) is 3.21. The Morgan fingerprint density at radius 3 is 2.22 bits per heavy atom. The Morgan fingerprint density at radius 1 is 0.889 bits per heavy atom. The minimum Gasteiger partial charge on any atom is -0.426 e. The van der Waals surface area contributed by atoms with E-state index in [0.717, 1.165) is 24.2 Å². The lowest BCUT2D eigenvalue weighted by Gasteiger charge is -2.18. The summed E-state index contributed by atoms with van der Waals surface area (Å²) in [6, 6.07) is 16.1. The van der Waals surface area contributed by atoms with Crippen molar-refractivity contribution in [2.75, 3.05) is 0 Å². The summed E-state index contributed by atoms with van der Waals surface area (Å²) in [6.45, 7) is 0. The molecule has 1 aliphatic carbocycles. The normalized spacial score (nSPS) is 18.6. The van der Waals surface area contributed by atoms with Crippen LogP contribution in [0.5, 0.6) is 5.75 Å². The van der Waals surface area contributed by atoms with Crippen molar-refractivity contribution in [3.05, 3.63) is 65.2 Å². The van der Waals surface area contributed by atoms with Crippen LogP contribution in [0.1, 0.15) is 16.7 Å². The first-order valence-electron chi connectivity index (χ1n) is 6.18. The van der Waals surface area contributed by atoms with Crippen LogP contribution >= 0.6 is 0 Å². The lowest BCUT2D eigenvalue weighted by molar-refractivity contribution is -0.138. The Hall–Kier alpha value is -2.09. The van der Waals surface area contributed by atoms with Gasteiger partial charge in [0.05, 0.1) is 0 Å². The predicted molar refractivity (Wildman–Crippen MR) is 67.6 cm³/mol. The molecule has 4 rings (SSSR count). The highest BCUT2D eigenvalue weighted by atomic mass is 16.5. The van der Waals surface area contributed by atoms with E-state index in [-0.39, 0.29) is 5.97 Å². The maximum Gasteiger partial charge on any atom is 0.322 e. The molecule has 1 heterocycles. The molecule has 0 amide bonds. The summed E-state index contributed by atoms with van der Waals surface area (Å²) in [5, 5.41) is 0. The van der Waals surface area contributed by atoms with Crippen molar-refractivity contribution in [3.8, 4) is 5.75 Å². The summed E-state index contributed by atoms with van der Waals surface area (Å²) >= 11 is 0. The summed E-state index contributed by atoms with van der Waals surface area (Å²) in [4.78, 5) is 12.3. The van der Waals surface area contributed by atoms with E-state index >= 15 is 0 Å². The van der Waals surface area contributed by atoms with E-state index in [2.05, 4.69) is 12.1 Å². The number of esters is 1. The molecule has 0 saturated heterocycles. The van der Waals surface area contributed by atoms with Crippen LogP contribution in [0.25, 0.3) is 0 Å². The van der Waals surface area contributed by atoms with Crippen molar-refractivity contribution in [2.45, 2.75) is 18.3 Å². The Morgan fingerprint density at radius 2 is 1.50 bits per heavy atom. The van der Waals surface area contributed by atoms with Gasteiger partial charge in [-0.15, -0.1) is 0 Å². The average molecular weight is 236 g/mol. The van der Waals surface area contributed by atoms with Gasteiger partial charge in [-0.3, -0.25) is 4.79 Å². The zero-order chi connectivity index (χ0) is 12.2. The van der Waals surface area contributed by atoms with E-state index in [0.29, 0.717) is 0 Å². The van der Waals surface area contributed by atoms with Crippen LogP contribution in [0.3, 0.4) is 0 Å². The number of fused-ring (bicyclic) bond motifs is 3. The molecule has 1 aliphatic heterocycles. The molecule has 88 valence electrons. The summed E-state index contributed by atoms with van der Waals surface area (Å²) in [7, 11) is 0. The van der Waals surface area contributed by atoms with Gasteiger partial charge in [-0.1, -0.05) is 42.5 Å². The molecule has 0 aromatic heterocycles. The second-order valence-corrected chi connectivity index (χ2v) is 5.09. The third-order valence-corrected chi connectivity index (χ3v) is 4.10. The smallest absolute Gasteiger partial charge is 0.322 e. The molecular formula is C16H12O2. The molecule has 1 spiro atoms. The average Bonchev–Trinajstić information content (AvgIpc) is 2.90. The Bertz CT molecular complexity index is 633. The highest BCUT2D eigenvalue weighted by molar-refractivity contribution is 5.92. The summed E-state index contributed by atoms with van der Waals surface area (Å²) < 4.78 is 5.44. The quantitative estimate of drug-likeness (QED) is 0.519. The molecule has 0 atom stereocenters. The zero-order valence-corrected chi connectivity index (χ0v) is 9.85. The van der Waals surface area contributed by atoms with E-state index in [9.17, 15) is 4.79 Å². The molecule has 0 N–H and O–H groups in total. The Kier molecular flexibility index (Phi) is 1.77. The Balaban J connectivity index is 1.90. The molecular weight excluding hydrogens is 224 g/mol. The fourth-order valence-corrected chi connectivity index (χ4v) is 3.21. The molecule has 2 aromatic carbocycles. The van der Waals surface area contributed by atoms with Crippen LogP contribution in [-0.4, -0.2) is 5.97 Å². The van der Waals surface area contributed by atoms with Gasteiger partial charge in [0.1, 0.15) is 11.2 Å². The largest absolute Gasteiger partial charge is 0.426 e. The molecule has 0 unspecified atom stereocenters. The van der Waals surface area contributed by atoms with Gasteiger partial charge in [0, 0.05) is 5.56 Å². The molecule has 0 fully saturated rings. The van der Waals surface area contributed by atoms with E-state index in [1.807, 2.05) is 36.4 Å². The number of carbonyl (C=O) groups is 1. The standard InChI is InChI=1S/C16H12O2/c17-15-16(13-7-3-4-8-14(13)18-15)9-11-5-1-2-6-12(11)10-16/h1-8H,9-10H2. The van der Waals surface area contributed by atoms with Gasteiger partial charge in [-0.05, 0) is 30.0 Å². The molecule has 2 heteroatoms. The van der Waals surface area contributed by atoms with E-state index < -0.39 is 5.41 Å². The van der Waals surface area contributed by atoms with Gasteiger partial charge in [0.2, 0.25) is 0 Å². The van der Waals surface area contributed by atoms with Crippen molar-refractivity contribution in [1.82, 2.24) is 0 Å². The topological polar surface area (TPSA) is 26.3 Å². The number of carbonyl (C=O) groups excluding carboxylic acids is 1. The second-order valence-electron chi connectivity index (χ2n) is 5.09. The predicted octanol–water partition coefficient (Wildman–Crippen LogP) is 2.64. The van der Waals surface area contributed by atoms with Crippen molar-refractivity contribution in [2.24, 2.45) is 0 Å². The minimum absolute atomic E-state index is 0.0973. The number of benzene rings is 2.